The third kappa shape index (κ3) is 12.7. The molecule has 0 heterocycles. The Bertz CT molecular complexity index is 152. The summed E-state index contributed by atoms with van der Waals surface area (Å²) >= 11 is 3.68. The first kappa shape index (κ1) is 16.6. The molecule has 0 fully saturated rings. The molecule has 0 aromatic heterocycles. The lowest BCUT2D eigenvalue weighted by atomic mass is 10.1. The molecule has 0 aliphatic carbocycles. The lowest BCUT2D eigenvalue weighted by Gasteiger charge is -2.11. The normalized spacial score (nSPS) is 17.1. The van der Waals surface area contributed by atoms with Gasteiger partial charge in [-0.2, -0.15) is 23.5 Å². The average Bonchev–Trinajstić information content (AvgIpc) is 2.16. The van der Waals surface area contributed by atoms with E-state index in [0.29, 0.717) is 0 Å². The van der Waals surface area contributed by atoms with Gasteiger partial charge < -0.3 is 10.2 Å². The monoisotopic (exact) mass is 266 g/mol. The quantitative estimate of drug-likeness (QED) is 0.596. The van der Waals surface area contributed by atoms with Gasteiger partial charge in [0.1, 0.15) is 0 Å². The molecule has 3 unspecified atom stereocenters. The van der Waals surface area contributed by atoms with E-state index < -0.39 is 0 Å². The van der Waals surface area contributed by atoms with Crippen LogP contribution in [0, 0.1) is 5.92 Å². The maximum Gasteiger partial charge on any atom is 0.0602 e. The number of aliphatic hydroxyl groups is 2. The number of hydrogen-bond acceptors (Lipinski definition) is 4. The van der Waals surface area contributed by atoms with Gasteiger partial charge in [-0.05, 0) is 44.1 Å². The topological polar surface area (TPSA) is 40.5 Å². The van der Waals surface area contributed by atoms with Crippen LogP contribution in [0.25, 0.3) is 0 Å². The minimum Gasteiger partial charge on any atom is -0.393 e. The molecule has 0 aromatic carbocycles. The van der Waals surface area contributed by atoms with Crippen LogP contribution in [0.2, 0.25) is 0 Å². The number of aliphatic hydroxyl groups excluding tert-OH is 2. The smallest absolute Gasteiger partial charge is 0.0602 e. The minimum atomic E-state index is -0.182. The van der Waals surface area contributed by atoms with Crippen LogP contribution in [0.3, 0.4) is 0 Å². The molecule has 98 valence electrons. The van der Waals surface area contributed by atoms with Crippen molar-refractivity contribution in [3.63, 3.8) is 0 Å². The van der Waals surface area contributed by atoms with Crippen molar-refractivity contribution < 1.29 is 10.2 Å². The van der Waals surface area contributed by atoms with Crippen LogP contribution in [0.15, 0.2) is 0 Å². The Labute approximate surface area is 109 Å². The molecule has 0 aliphatic heterocycles. The Morgan fingerprint density at radius 3 is 2.00 bits per heavy atom. The molecule has 0 saturated heterocycles. The van der Waals surface area contributed by atoms with Gasteiger partial charge in [-0.1, -0.05) is 6.92 Å². The van der Waals surface area contributed by atoms with Crippen LogP contribution < -0.4 is 0 Å². The molecule has 0 radical (unpaired) electrons. The summed E-state index contributed by atoms with van der Waals surface area (Å²) in [5, 5.41) is 18.2. The van der Waals surface area contributed by atoms with Crippen molar-refractivity contribution in [1.29, 1.82) is 0 Å². The van der Waals surface area contributed by atoms with E-state index in [4.69, 9.17) is 10.2 Å². The highest BCUT2D eigenvalue weighted by Crippen LogP contribution is 2.16. The van der Waals surface area contributed by atoms with Gasteiger partial charge in [0.05, 0.1) is 12.2 Å². The Morgan fingerprint density at radius 2 is 1.44 bits per heavy atom. The van der Waals surface area contributed by atoms with Crippen molar-refractivity contribution in [1.82, 2.24) is 0 Å². The number of thioether (sulfide) groups is 2. The van der Waals surface area contributed by atoms with E-state index >= 15 is 0 Å². The highest BCUT2D eigenvalue weighted by molar-refractivity contribution is 7.99. The summed E-state index contributed by atoms with van der Waals surface area (Å²) in [5.41, 5.74) is 0. The van der Waals surface area contributed by atoms with Crippen molar-refractivity contribution in [2.75, 3.05) is 23.0 Å². The fourth-order valence-corrected chi connectivity index (χ4v) is 3.24. The van der Waals surface area contributed by atoms with E-state index in [0.717, 1.165) is 28.9 Å². The summed E-state index contributed by atoms with van der Waals surface area (Å²) in [6.45, 7) is 5.95. The summed E-state index contributed by atoms with van der Waals surface area (Å²) in [6.07, 6.45) is 2.12. The molecule has 0 bridgehead atoms. The predicted molar refractivity (Wildman–Crippen MR) is 76.4 cm³/mol. The van der Waals surface area contributed by atoms with Gasteiger partial charge in [-0.15, -0.1) is 0 Å². The zero-order valence-electron chi connectivity index (χ0n) is 10.7. The maximum absolute atomic E-state index is 9.12. The third-order valence-corrected chi connectivity index (χ3v) is 4.92. The van der Waals surface area contributed by atoms with Gasteiger partial charge in [0.25, 0.3) is 0 Å². The first-order chi connectivity index (χ1) is 7.52. The molecule has 2 nitrogen and oxygen atoms in total. The lowest BCUT2D eigenvalue weighted by molar-refractivity contribution is 0.220. The van der Waals surface area contributed by atoms with Crippen LogP contribution in [0.5, 0.6) is 0 Å². The van der Waals surface area contributed by atoms with Crippen molar-refractivity contribution in [2.24, 2.45) is 5.92 Å². The highest BCUT2D eigenvalue weighted by Gasteiger charge is 2.04. The maximum atomic E-state index is 9.12. The number of rotatable bonds is 10. The molecule has 2 N–H and O–H groups in total. The molecule has 0 aliphatic rings. The zero-order valence-corrected chi connectivity index (χ0v) is 12.3. The Kier molecular flexibility index (Phi) is 11.2. The van der Waals surface area contributed by atoms with Gasteiger partial charge in [-0.25, -0.2) is 0 Å². The van der Waals surface area contributed by atoms with E-state index in [-0.39, 0.29) is 12.2 Å². The molecule has 0 amide bonds. The minimum absolute atomic E-state index is 0.177. The van der Waals surface area contributed by atoms with E-state index in [1.807, 2.05) is 37.4 Å². The molecule has 4 heteroatoms. The van der Waals surface area contributed by atoms with Crippen molar-refractivity contribution >= 4 is 23.5 Å². The van der Waals surface area contributed by atoms with E-state index in [1.54, 1.807) is 0 Å². The van der Waals surface area contributed by atoms with Crippen molar-refractivity contribution in [3.8, 4) is 0 Å². The molecular formula is C12H26O2S2. The van der Waals surface area contributed by atoms with Gasteiger partial charge in [-0.3, -0.25) is 0 Å². The molecule has 0 rings (SSSR count). The first-order valence-electron chi connectivity index (χ1n) is 6.04. The van der Waals surface area contributed by atoms with Crippen LogP contribution in [0.1, 0.15) is 33.6 Å². The van der Waals surface area contributed by atoms with Gasteiger partial charge >= 0.3 is 0 Å². The van der Waals surface area contributed by atoms with Crippen LogP contribution in [-0.4, -0.2) is 45.4 Å². The summed E-state index contributed by atoms with van der Waals surface area (Å²) in [7, 11) is 0. The average molecular weight is 266 g/mol. The van der Waals surface area contributed by atoms with Crippen LogP contribution in [-0.2, 0) is 0 Å². The second kappa shape index (κ2) is 10.8. The van der Waals surface area contributed by atoms with Gasteiger partial charge in [0.15, 0.2) is 0 Å². The largest absolute Gasteiger partial charge is 0.393 e. The predicted octanol–water partition coefficient (Wildman–Crippen LogP) is 2.63. The molecule has 0 aromatic rings. The highest BCUT2D eigenvalue weighted by atomic mass is 32.2. The van der Waals surface area contributed by atoms with E-state index in [9.17, 15) is 0 Å². The SMILES string of the molecule is CC(O)CSCCCC(C)CSCC(C)O. The van der Waals surface area contributed by atoms with Gasteiger partial charge in [0.2, 0.25) is 0 Å². The molecule has 0 saturated carbocycles. The van der Waals surface area contributed by atoms with E-state index in [1.165, 1.54) is 12.8 Å². The second-order valence-corrected chi connectivity index (χ2v) is 6.78. The summed E-state index contributed by atoms with van der Waals surface area (Å²) in [6, 6.07) is 0. The zero-order chi connectivity index (χ0) is 12.4. The van der Waals surface area contributed by atoms with E-state index in [2.05, 4.69) is 6.92 Å². The molecule has 3 atom stereocenters. The number of hydrogen-bond donors (Lipinski definition) is 2. The van der Waals surface area contributed by atoms with Gasteiger partial charge in [0, 0.05) is 11.5 Å². The fourth-order valence-electron chi connectivity index (χ4n) is 1.31. The van der Waals surface area contributed by atoms with Crippen LogP contribution >= 0.6 is 23.5 Å². The lowest BCUT2D eigenvalue weighted by Crippen LogP contribution is -2.07. The summed E-state index contributed by atoms with van der Waals surface area (Å²) < 4.78 is 0. The molecule has 0 spiro atoms. The van der Waals surface area contributed by atoms with Crippen molar-refractivity contribution in [2.45, 2.75) is 45.8 Å². The molecular weight excluding hydrogens is 240 g/mol. The summed E-state index contributed by atoms with van der Waals surface area (Å²) in [4.78, 5) is 0. The summed E-state index contributed by atoms with van der Waals surface area (Å²) in [5.74, 6) is 4.73. The third-order valence-electron chi connectivity index (χ3n) is 2.11. The Balaban J connectivity index is 3.20. The Hall–Kier alpha value is 0.620. The standard InChI is InChI=1S/C12H26O2S2/c1-10(7-16-9-12(3)14)5-4-6-15-8-11(2)13/h10-14H,4-9H2,1-3H3. The fraction of sp³-hybridized carbons (Fsp3) is 1.00. The second-order valence-electron chi connectivity index (χ2n) is 4.56. The Morgan fingerprint density at radius 1 is 0.875 bits per heavy atom. The van der Waals surface area contributed by atoms with Crippen molar-refractivity contribution in [3.05, 3.63) is 0 Å². The first-order valence-corrected chi connectivity index (χ1v) is 8.35. The molecule has 16 heavy (non-hydrogen) atoms. The van der Waals surface area contributed by atoms with Crippen LogP contribution in [0.4, 0.5) is 0 Å².